The van der Waals surface area contributed by atoms with Crippen LogP contribution in [0.1, 0.15) is 21.5 Å². The van der Waals surface area contributed by atoms with E-state index in [2.05, 4.69) is 57.0 Å². The van der Waals surface area contributed by atoms with Crippen LogP contribution in [0.2, 0.25) is 5.02 Å². The van der Waals surface area contributed by atoms with Crippen molar-refractivity contribution in [3.8, 4) is 5.75 Å². The Morgan fingerprint density at radius 1 is 1.16 bits per heavy atom. The van der Waals surface area contributed by atoms with Gasteiger partial charge in [0.1, 0.15) is 5.75 Å². The van der Waals surface area contributed by atoms with Crippen molar-refractivity contribution in [3.63, 3.8) is 0 Å². The van der Waals surface area contributed by atoms with E-state index in [1.807, 2.05) is 18.2 Å². The molecule has 1 atom stereocenters. The molecular formula is C15H13Br2ClO. The molecule has 0 aromatic heterocycles. The largest absolute Gasteiger partial charge is 0.495 e. The van der Waals surface area contributed by atoms with Crippen molar-refractivity contribution in [2.75, 3.05) is 7.11 Å². The number of hydrogen-bond acceptors (Lipinski definition) is 1. The van der Waals surface area contributed by atoms with E-state index in [0.29, 0.717) is 10.8 Å². The van der Waals surface area contributed by atoms with Crippen molar-refractivity contribution in [2.24, 2.45) is 0 Å². The van der Waals surface area contributed by atoms with Crippen molar-refractivity contribution in [3.05, 3.63) is 62.6 Å². The summed E-state index contributed by atoms with van der Waals surface area (Å²) in [6.07, 6.45) is 0. The molecule has 0 radical (unpaired) electrons. The van der Waals surface area contributed by atoms with E-state index in [1.165, 1.54) is 11.1 Å². The Hall–Kier alpha value is -0.510. The fourth-order valence-corrected chi connectivity index (χ4v) is 3.84. The minimum atomic E-state index is 0.0888. The highest BCUT2D eigenvalue weighted by atomic mass is 79.9. The lowest BCUT2D eigenvalue weighted by atomic mass is 10.0. The van der Waals surface area contributed by atoms with Crippen molar-refractivity contribution < 1.29 is 4.74 Å². The van der Waals surface area contributed by atoms with Crippen LogP contribution < -0.4 is 4.74 Å². The van der Waals surface area contributed by atoms with E-state index in [9.17, 15) is 0 Å². The molecule has 0 saturated carbocycles. The van der Waals surface area contributed by atoms with E-state index in [0.717, 1.165) is 10.0 Å². The number of hydrogen-bond donors (Lipinski definition) is 0. The maximum atomic E-state index is 6.17. The third kappa shape index (κ3) is 3.33. The molecule has 0 aliphatic heterocycles. The molecule has 2 aromatic carbocycles. The molecule has 2 rings (SSSR count). The third-order valence-electron chi connectivity index (χ3n) is 2.90. The first-order valence-corrected chi connectivity index (χ1v) is 7.85. The zero-order chi connectivity index (χ0) is 14.0. The predicted molar refractivity (Wildman–Crippen MR) is 87.7 cm³/mol. The number of methoxy groups -OCH3 is 1. The topological polar surface area (TPSA) is 9.23 Å². The van der Waals surface area contributed by atoms with Crippen LogP contribution in [-0.4, -0.2) is 7.11 Å². The van der Waals surface area contributed by atoms with Gasteiger partial charge < -0.3 is 4.74 Å². The zero-order valence-corrected chi connectivity index (χ0v) is 14.5. The van der Waals surface area contributed by atoms with Crippen LogP contribution in [0.25, 0.3) is 0 Å². The number of alkyl halides is 1. The van der Waals surface area contributed by atoms with Crippen molar-refractivity contribution >= 4 is 43.5 Å². The molecule has 0 N–H and O–H groups in total. The second kappa shape index (κ2) is 6.29. The summed E-state index contributed by atoms with van der Waals surface area (Å²) in [7, 11) is 1.61. The molecule has 0 spiro atoms. The standard InChI is InChI=1S/C15H13Br2ClO/c1-9-3-5-11(12(16)7-9)15(17)10-4-6-14(19-2)13(18)8-10/h3-8,15H,1-2H3. The molecule has 1 unspecified atom stereocenters. The van der Waals surface area contributed by atoms with Crippen LogP contribution >= 0.6 is 43.5 Å². The maximum Gasteiger partial charge on any atom is 0.137 e. The molecule has 2 aromatic rings. The summed E-state index contributed by atoms with van der Waals surface area (Å²) in [6.45, 7) is 2.07. The summed E-state index contributed by atoms with van der Waals surface area (Å²) in [5.74, 6) is 0.688. The van der Waals surface area contributed by atoms with E-state index < -0.39 is 0 Å². The van der Waals surface area contributed by atoms with Gasteiger partial charge in [0.25, 0.3) is 0 Å². The van der Waals surface area contributed by atoms with E-state index in [1.54, 1.807) is 7.11 Å². The second-order valence-corrected chi connectivity index (χ2v) is 6.46. The van der Waals surface area contributed by atoms with Crippen LogP contribution in [0.4, 0.5) is 0 Å². The fraction of sp³-hybridized carbons (Fsp3) is 0.200. The van der Waals surface area contributed by atoms with E-state index in [-0.39, 0.29) is 4.83 Å². The van der Waals surface area contributed by atoms with Crippen molar-refractivity contribution in [1.82, 2.24) is 0 Å². The van der Waals surface area contributed by atoms with Crippen LogP contribution in [0.15, 0.2) is 40.9 Å². The number of rotatable bonds is 3. The highest BCUT2D eigenvalue weighted by Crippen LogP contribution is 2.38. The summed E-state index contributed by atoms with van der Waals surface area (Å²) in [5, 5.41) is 0.618. The Bertz CT molecular complexity index is 599. The lowest BCUT2D eigenvalue weighted by Gasteiger charge is -2.14. The summed E-state index contributed by atoms with van der Waals surface area (Å²) >= 11 is 13.5. The van der Waals surface area contributed by atoms with Gasteiger partial charge in [-0.25, -0.2) is 0 Å². The third-order valence-corrected chi connectivity index (χ3v) is 4.90. The van der Waals surface area contributed by atoms with Crippen LogP contribution in [0.3, 0.4) is 0 Å². The first-order valence-electron chi connectivity index (χ1n) is 5.76. The molecule has 0 aliphatic rings. The molecule has 0 amide bonds. The second-order valence-electron chi connectivity index (χ2n) is 4.28. The highest BCUT2D eigenvalue weighted by Gasteiger charge is 2.15. The molecular weight excluding hydrogens is 391 g/mol. The monoisotopic (exact) mass is 402 g/mol. The van der Waals surface area contributed by atoms with Gasteiger partial charge in [-0.3, -0.25) is 0 Å². The number of ether oxygens (including phenoxy) is 1. The van der Waals surface area contributed by atoms with Crippen LogP contribution in [0, 0.1) is 6.92 Å². The lowest BCUT2D eigenvalue weighted by Crippen LogP contribution is -1.95. The molecule has 0 saturated heterocycles. The van der Waals surface area contributed by atoms with E-state index >= 15 is 0 Å². The summed E-state index contributed by atoms with van der Waals surface area (Å²) in [5.41, 5.74) is 3.49. The quantitative estimate of drug-likeness (QED) is 0.579. The first kappa shape index (κ1) is 14.9. The van der Waals surface area contributed by atoms with Gasteiger partial charge in [-0.15, -0.1) is 0 Å². The molecule has 1 nitrogen and oxygen atoms in total. The predicted octanol–water partition coefficient (Wildman–Crippen LogP) is 5.90. The SMILES string of the molecule is COc1ccc(C(Br)c2ccc(C)cc2Br)cc1Cl. The van der Waals surface area contributed by atoms with Gasteiger partial charge in [0.15, 0.2) is 0 Å². The Labute approximate surface area is 135 Å². The number of aryl methyl sites for hydroxylation is 1. The molecule has 0 aliphatic carbocycles. The van der Waals surface area contributed by atoms with Crippen molar-refractivity contribution in [2.45, 2.75) is 11.8 Å². The molecule has 0 fully saturated rings. The van der Waals surface area contributed by atoms with Crippen LogP contribution in [-0.2, 0) is 0 Å². The molecule has 100 valence electrons. The van der Waals surface area contributed by atoms with Crippen molar-refractivity contribution in [1.29, 1.82) is 0 Å². The van der Waals surface area contributed by atoms with Gasteiger partial charge in [-0.1, -0.05) is 61.7 Å². The average molecular weight is 405 g/mol. The van der Waals surface area contributed by atoms with Gasteiger partial charge in [-0.2, -0.15) is 0 Å². The smallest absolute Gasteiger partial charge is 0.137 e. The molecule has 0 bridgehead atoms. The highest BCUT2D eigenvalue weighted by molar-refractivity contribution is 9.11. The van der Waals surface area contributed by atoms with Gasteiger partial charge >= 0.3 is 0 Å². The average Bonchev–Trinajstić information content (AvgIpc) is 2.38. The Morgan fingerprint density at radius 2 is 1.89 bits per heavy atom. The maximum absolute atomic E-state index is 6.17. The molecule has 19 heavy (non-hydrogen) atoms. The number of halogens is 3. The fourth-order valence-electron chi connectivity index (χ4n) is 1.86. The van der Waals surface area contributed by atoms with Gasteiger partial charge in [0.2, 0.25) is 0 Å². The summed E-state index contributed by atoms with van der Waals surface area (Å²) in [4.78, 5) is 0.0888. The van der Waals surface area contributed by atoms with Gasteiger partial charge in [0.05, 0.1) is 17.0 Å². The number of benzene rings is 2. The van der Waals surface area contributed by atoms with Gasteiger partial charge in [-0.05, 0) is 41.8 Å². The normalized spacial score (nSPS) is 12.3. The lowest BCUT2D eigenvalue weighted by molar-refractivity contribution is 0.415. The minimum Gasteiger partial charge on any atom is -0.495 e. The first-order chi connectivity index (χ1) is 9.02. The summed E-state index contributed by atoms with van der Waals surface area (Å²) < 4.78 is 6.25. The van der Waals surface area contributed by atoms with Crippen LogP contribution in [0.5, 0.6) is 5.75 Å². The summed E-state index contributed by atoms with van der Waals surface area (Å²) in [6, 6.07) is 12.1. The Kier molecular flexibility index (Phi) is 4.93. The molecule has 0 heterocycles. The van der Waals surface area contributed by atoms with Gasteiger partial charge in [0, 0.05) is 4.47 Å². The minimum absolute atomic E-state index is 0.0888. The molecule has 4 heteroatoms. The Balaban J connectivity index is 2.38. The van der Waals surface area contributed by atoms with E-state index in [4.69, 9.17) is 16.3 Å². The Morgan fingerprint density at radius 3 is 2.47 bits per heavy atom. The zero-order valence-electron chi connectivity index (χ0n) is 10.6.